The Morgan fingerprint density at radius 1 is 0.583 bits per heavy atom. The van der Waals surface area contributed by atoms with Gasteiger partial charge in [-0.2, -0.15) is 19.6 Å². The summed E-state index contributed by atoms with van der Waals surface area (Å²) in [6.07, 6.45) is 7.17. The van der Waals surface area contributed by atoms with Crippen molar-refractivity contribution in [3.05, 3.63) is 0 Å². The number of unbranched alkanes of at least 4 members (excludes halogenated alkanes) is 3. The molecule has 4 heteroatoms. The van der Waals surface area contributed by atoms with E-state index in [9.17, 15) is 0 Å². The molecule has 2 aliphatic heterocycles. The summed E-state index contributed by atoms with van der Waals surface area (Å²) >= 11 is 0. The summed E-state index contributed by atoms with van der Waals surface area (Å²) in [5, 5.41) is 0. The summed E-state index contributed by atoms with van der Waals surface area (Å²) in [6, 6.07) is 0. The van der Waals surface area contributed by atoms with E-state index in [1.165, 1.54) is 25.7 Å². The van der Waals surface area contributed by atoms with Gasteiger partial charge in [-0.3, -0.25) is 0 Å². The lowest BCUT2D eigenvalue weighted by Crippen LogP contribution is -1.87. The van der Waals surface area contributed by atoms with Crippen molar-refractivity contribution >= 4 is 0 Å². The molecule has 0 spiro atoms. The monoisotopic (exact) mass is 174 g/mol. The van der Waals surface area contributed by atoms with Crippen molar-refractivity contribution in [1.82, 2.24) is 0 Å². The molecule has 0 aromatic heterocycles. The third-order valence-electron chi connectivity index (χ3n) is 2.09. The van der Waals surface area contributed by atoms with Gasteiger partial charge in [0.05, 0.1) is 0 Å². The topological polar surface area (TPSA) is 50.1 Å². The molecule has 0 radical (unpaired) electrons. The molecule has 2 saturated heterocycles. The van der Waals surface area contributed by atoms with Crippen LogP contribution < -0.4 is 0 Å². The van der Waals surface area contributed by atoms with E-state index in [0.717, 1.165) is 12.8 Å². The summed E-state index contributed by atoms with van der Waals surface area (Å²) in [4.78, 5) is 18.5. The molecule has 0 amide bonds. The first-order valence-electron chi connectivity index (χ1n) is 4.59. The molecule has 0 unspecified atom stereocenters. The predicted octanol–water partition coefficient (Wildman–Crippen LogP) is 1.90. The van der Waals surface area contributed by atoms with Crippen LogP contribution in [-0.4, -0.2) is 12.6 Å². The van der Waals surface area contributed by atoms with Gasteiger partial charge in [0.1, 0.15) is 0 Å². The molecule has 0 N–H and O–H groups in total. The largest absolute Gasteiger partial charge is 0.224 e. The number of hydrogen-bond acceptors (Lipinski definition) is 4. The normalized spacial score (nSPS) is 23.0. The van der Waals surface area contributed by atoms with Crippen LogP contribution in [0.15, 0.2) is 0 Å². The molecule has 70 valence electrons. The van der Waals surface area contributed by atoms with Gasteiger partial charge in [-0.15, -0.1) is 0 Å². The van der Waals surface area contributed by atoms with Gasteiger partial charge in [-0.1, -0.05) is 12.8 Å². The van der Waals surface area contributed by atoms with Crippen molar-refractivity contribution in [3.8, 4) is 0 Å². The molecular formula is C8H14O4. The third-order valence-corrected chi connectivity index (χ3v) is 2.09. The van der Waals surface area contributed by atoms with E-state index in [2.05, 4.69) is 19.6 Å². The summed E-state index contributed by atoms with van der Waals surface area (Å²) < 4.78 is 0. The lowest BCUT2D eigenvalue weighted by molar-refractivity contribution is 0.0850. The van der Waals surface area contributed by atoms with Gasteiger partial charge in [-0.05, 0) is 12.8 Å². The Labute approximate surface area is 71.6 Å². The van der Waals surface area contributed by atoms with Crippen LogP contribution in [0.2, 0.25) is 0 Å². The van der Waals surface area contributed by atoms with E-state index in [-0.39, 0.29) is 12.6 Å². The fourth-order valence-corrected chi connectivity index (χ4v) is 1.25. The van der Waals surface area contributed by atoms with Crippen LogP contribution in [0.5, 0.6) is 0 Å². The standard InChI is InChI=1S/C8H14O4/c1(3-5-7-9-10-7)2-4-6-8-11-12-8/h7-8H,1-6H2. The minimum absolute atomic E-state index is 0.111. The minimum atomic E-state index is 0.111. The maximum Gasteiger partial charge on any atom is 0.224 e. The van der Waals surface area contributed by atoms with Crippen LogP contribution >= 0.6 is 0 Å². The zero-order valence-electron chi connectivity index (χ0n) is 7.03. The highest BCUT2D eigenvalue weighted by Crippen LogP contribution is 2.22. The average molecular weight is 174 g/mol. The van der Waals surface area contributed by atoms with Crippen molar-refractivity contribution in [3.63, 3.8) is 0 Å². The van der Waals surface area contributed by atoms with E-state index in [0.29, 0.717) is 0 Å². The molecule has 0 aliphatic carbocycles. The molecule has 4 nitrogen and oxygen atoms in total. The van der Waals surface area contributed by atoms with Crippen LogP contribution in [0.3, 0.4) is 0 Å². The summed E-state index contributed by atoms with van der Waals surface area (Å²) in [5.74, 6) is 0. The minimum Gasteiger partial charge on any atom is -0.199 e. The second-order valence-electron chi connectivity index (χ2n) is 3.24. The summed E-state index contributed by atoms with van der Waals surface area (Å²) in [7, 11) is 0. The van der Waals surface area contributed by atoms with Crippen LogP contribution in [0.1, 0.15) is 38.5 Å². The average Bonchev–Trinajstić information content (AvgIpc) is 2.89. The highest BCUT2D eigenvalue weighted by molar-refractivity contribution is 4.52. The van der Waals surface area contributed by atoms with E-state index in [1.54, 1.807) is 0 Å². The quantitative estimate of drug-likeness (QED) is 0.336. The predicted molar refractivity (Wildman–Crippen MR) is 39.6 cm³/mol. The zero-order valence-corrected chi connectivity index (χ0v) is 7.03. The maximum atomic E-state index is 4.62. The SMILES string of the molecule is C(CCCC1OO1)CCC1OO1. The van der Waals surface area contributed by atoms with Gasteiger partial charge in [-0.25, -0.2) is 0 Å². The second kappa shape index (κ2) is 4.18. The Bertz CT molecular complexity index is 115. The third kappa shape index (κ3) is 3.49. The van der Waals surface area contributed by atoms with E-state index < -0.39 is 0 Å². The van der Waals surface area contributed by atoms with Crippen molar-refractivity contribution in [2.75, 3.05) is 0 Å². The van der Waals surface area contributed by atoms with Gasteiger partial charge in [0.25, 0.3) is 0 Å². The fourth-order valence-electron chi connectivity index (χ4n) is 1.25. The molecule has 12 heavy (non-hydrogen) atoms. The van der Waals surface area contributed by atoms with Crippen LogP contribution in [0.4, 0.5) is 0 Å². The van der Waals surface area contributed by atoms with Crippen LogP contribution in [-0.2, 0) is 19.6 Å². The van der Waals surface area contributed by atoms with Crippen molar-refractivity contribution in [1.29, 1.82) is 0 Å². The number of hydrogen-bond donors (Lipinski definition) is 0. The fraction of sp³-hybridized carbons (Fsp3) is 1.00. The Morgan fingerprint density at radius 2 is 1.00 bits per heavy atom. The van der Waals surface area contributed by atoms with Crippen LogP contribution in [0, 0.1) is 0 Å². The molecule has 2 rings (SSSR count). The Hall–Kier alpha value is -0.160. The first-order chi connectivity index (χ1) is 5.95. The van der Waals surface area contributed by atoms with E-state index in [1.807, 2.05) is 0 Å². The molecule has 0 aromatic rings. The Balaban J connectivity index is 1.31. The molecule has 2 aliphatic rings. The van der Waals surface area contributed by atoms with E-state index >= 15 is 0 Å². The zero-order chi connectivity index (χ0) is 8.23. The van der Waals surface area contributed by atoms with Gasteiger partial charge >= 0.3 is 0 Å². The van der Waals surface area contributed by atoms with Gasteiger partial charge in [0.2, 0.25) is 12.6 Å². The molecule has 0 saturated carbocycles. The van der Waals surface area contributed by atoms with Crippen molar-refractivity contribution in [2.24, 2.45) is 0 Å². The molecular weight excluding hydrogens is 160 g/mol. The first-order valence-corrected chi connectivity index (χ1v) is 4.59. The van der Waals surface area contributed by atoms with Gasteiger partial charge in [0, 0.05) is 12.8 Å². The van der Waals surface area contributed by atoms with Crippen molar-refractivity contribution < 1.29 is 19.6 Å². The summed E-state index contributed by atoms with van der Waals surface area (Å²) in [5.41, 5.74) is 0. The smallest absolute Gasteiger partial charge is 0.199 e. The maximum absolute atomic E-state index is 4.62. The summed E-state index contributed by atoms with van der Waals surface area (Å²) in [6.45, 7) is 0. The highest BCUT2D eigenvalue weighted by atomic mass is 17.4. The highest BCUT2D eigenvalue weighted by Gasteiger charge is 2.25. The molecule has 0 bridgehead atoms. The van der Waals surface area contributed by atoms with E-state index in [4.69, 9.17) is 0 Å². The number of rotatable bonds is 7. The molecule has 0 aromatic carbocycles. The molecule has 0 atom stereocenters. The Morgan fingerprint density at radius 3 is 1.33 bits per heavy atom. The van der Waals surface area contributed by atoms with Gasteiger partial charge < -0.3 is 0 Å². The molecule has 2 heterocycles. The molecule has 2 fully saturated rings. The van der Waals surface area contributed by atoms with Crippen molar-refractivity contribution in [2.45, 2.75) is 51.1 Å². The van der Waals surface area contributed by atoms with Crippen LogP contribution in [0.25, 0.3) is 0 Å². The lowest BCUT2D eigenvalue weighted by Gasteiger charge is -1.95. The first kappa shape index (κ1) is 8.44. The second-order valence-corrected chi connectivity index (χ2v) is 3.24. The van der Waals surface area contributed by atoms with Gasteiger partial charge in [0.15, 0.2) is 0 Å². The lowest BCUT2D eigenvalue weighted by atomic mass is 10.1. The Kier molecular flexibility index (Phi) is 2.94.